The van der Waals surface area contributed by atoms with E-state index in [-0.39, 0.29) is 17.0 Å². The number of hydrogen-bond acceptors (Lipinski definition) is 4. The maximum Gasteiger partial charge on any atom is 0.175 e. The molecule has 3 nitrogen and oxygen atoms in total. The zero-order valence-electron chi connectivity index (χ0n) is 11.9. The van der Waals surface area contributed by atoms with Crippen LogP contribution < -0.4 is 0 Å². The van der Waals surface area contributed by atoms with Crippen molar-refractivity contribution in [1.82, 2.24) is 0 Å². The molecule has 0 bridgehead atoms. The fourth-order valence-corrected chi connectivity index (χ4v) is 5.33. The van der Waals surface area contributed by atoms with Gasteiger partial charge in [0, 0.05) is 16.9 Å². The van der Waals surface area contributed by atoms with Gasteiger partial charge in [-0.3, -0.25) is 4.79 Å². The molecule has 0 aliphatic heterocycles. The number of hydrogen-bond donors (Lipinski definition) is 0. The van der Waals surface area contributed by atoms with Crippen LogP contribution in [0.1, 0.15) is 35.4 Å². The molecule has 2 aromatic rings. The van der Waals surface area contributed by atoms with Gasteiger partial charge in [0.25, 0.3) is 0 Å². The number of thiophene rings is 1. The van der Waals surface area contributed by atoms with E-state index in [2.05, 4.69) is 0 Å². The summed E-state index contributed by atoms with van der Waals surface area (Å²) in [6, 6.07) is 9.88. The largest absolute Gasteiger partial charge is 0.293 e. The Morgan fingerprint density at radius 1 is 1.24 bits per heavy atom. The van der Waals surface area contributed by atoms with E-state index in [0.717, 1.165) is 27.8 Å². The number of carbonyl (C=O) groups is 1. The highest BCUT2D eigenvalue weighted by molar-refractivity contribution is 7.91. The summed E-state index contributed by atoms with van der Waals surface area (Å²) in [5.74, 6) is -0.0314. The number of carbonyl (C=O) groups excluding carboxylic acids is 1. The molecule has 0 radical (unpaired) electrons. The van der Waals surface area contributed by atoms with Crippen molar-refractivity contribution in [2.45, 2.75) is 30.9 Å². The van der Waals surface area contributed by atoms with Crippen molar-refractivity contribution in [3.05, 3.63) is 35.2 Å². The second-order valence-corrected chi connectivity index (χ2v) is 9.24. The van der Waals surface area contributed by atoms with Crippen LogP contribution in [0, 0.1) is 5.92 Å². The molecule has 1 aromatic carbocycles. The summed E-state index contributed by atoms with van der Waals surface area (Å²) >= 11 is 1.51. The van der Waals surface area contributed by atoms with E-state index in [1.54, 1.807) is 0 Å². The lowest BCUT2D eigenvalue weighted by molar-refractivity contribution is 0.0895. The Balaban J connectivity index is 1.84. The van der Waals surface area contributed by atoms with Gasteiger partial charge < -0.3 is 0 Å². The fraction of sp³-hybridized carbons (Fsp3) is 0.438. The summed E-state index contributed by atoms with van der Waals surface area (Å²) in [5.41, 5.74) is 0. The Labute approximate surface area is 128 Å². The van der Waals surface area contributed by atoms with Gasteiger partial charge in [-0.25, -0.2) is 8.42 Å². The molecule has 1 aromatic heterocycles. The van der Waals surface area contributed by atoms with E-state index in [0.29, 0.717) is 12.8 Å². The second kappa shape index (κ2) is 5.54. The number of ketones is 1. The molecule has 1 saturated carbocycles. The van der Waals surface area contributed by atoms with Crippen LogP contribution in [-0.4, -0.2) is 25.7 Å². The van der Waals surface area contributed by atoms with Crippen LogP contribution in [0.15, 0.2) is 30.3 Å². The summed E-state index contributed by atoms with van der Waals surface area (Å²) < 4.78 is 24.6. The molecule has 0 amide bonds. The fourth-order valence-electron chi connectivity index (χ4n) is 3.08. The van der Waals surface area contributed by atoms with Gasteiger partial charge in [0.05, 0.1) is 10.1 Å². The summed E-state index contributed by atoms with van der Waals surface area (Å²) in [6.07, 6.45) is 4.07. The van der Waals surface area contributed by atoms with Crippen LogP contribution in [0.4, 0.5) is 0 Å². The van der Waals surface area contributed by atoms with Gasteiger partial charge in [-0.15, -0.1) is 11.3 Å². The molecule has 1 aliphatic carbocycles. The molecule has 21 heavy (non-hydrogen) atoms. The highest BCUT2D eigenvalue weighted by atomic mass is 32.2. The molecule has 2 atom stereocenters. The van der Waals surface area contributed by atoms with Crippen LogP contribution in [0.2, 0.25) is 0 Å². The van der Waals surface area contributed by atoms with Gasteiger partial charge in [0.1, 0.15) is 9.84 Å². The molecule has 1 heterocycles. The normalized spacial score (nSPS) is 23.3. The minimum Gasteiger partial charge on any atom is -0.293 e. The Bertz CT molecular complexity index is 741. The third kappa shape index (κ3) is 3.04. The Hall–Kier alpha value is -1.20. The zero-order valence-corrected chi connectivity index (χ0v) is 13.5. The third-order valence-corrected chi connectivity index (χ3v) is 7.04. The van der Waals surface area contributed by atoms with Gasteiger partial charge in [0.15, 0.2) is 5.78 Å². The Morgan fingerprint density at radius 3 is 2.71 bits per heavy atom. The van der Waals surface area contributed by atoms with E-state index < -0.39 is 9.84 Å². The lowest BCUT2D eigenvalue weighted by Crippen LogP contribution is -2.30. The topological polar surface area (TPSA) is 51.2 Å². The van der Waals surface area contributed by atoms with Gasteiger partial charge >= 0.3 is 0 Å². The summed E-state index contributed by atoms with van der Waals surface area (Å²) in [7, 11) is -3.05. The van der Waals surface area contributed by atoms with Gasteiger partial charge in [-0.1, -0.05) is 24.6 Å². The van der Waals surface area contributed by atoms with Crippen molar-refractivity contribution < 1.29 is 13.2 Å². The SMILES string of the molecule is CS(=O)(=O)C1CCCC(C(=O)c2cc3ccccc3s2)C1. The number of Topliss-reactive ketones (excluding diaryl/α,β-unsaturated/α-hetero) is 1. The Morgan fingerprint density at radius 2 is 2.00 bits per heavy atom. The van der Waals surface area contributed by atoms with E-state index >= 15 is 0 Å². The van der Waals surface area contributed by atoms with Crippen molar-refractivity contribution in [2.75, 3.05) is 6.26 Å². The smallest absolute Gasteiger partial charge is 0.175 e. The lowest BCUT2D eigenvalue weighted by atomic mass is 9.85. The van der Waals surface area contributed by atoms with Crippen molar-refractivity contribution in [3.63, 3.8) is 0 Å². The zero-order chi connectivity index (χ0) is 15.0. The van der Waals surface area contributed by atoms with Gasteiger partial charge in [-0.05, 0) is 36.8 Å². The number of sulfone groups is 1. The first kappa shape index (κ1) is 14.7. The molecule has 5 heteroatoms. The molecular formula is C16H18O3S2. The van der Waals surface area contributed by atoms with Crippen molar-refractivity contribution in [1.29, 1.82) is 0 Å². The number of fused-ring (bicyclic) bond motifs is 1. The number of benzene rings is 1. The van der Waals surface area contributed by atoms with Crippen LogP contribution in [0.5, 0.6) is 0 Å². The minimum absolute atomic E-state index is 0.115. The van der Waals surface area contributed by atoms with E-state index in [1.165, 1.54) is 17.6 Å². The molecule has 2 unspecified atom stereocenters. The molecule has 0 N–H and O–H groups in total. The maximum atomic E-state index is 12.7. The second-order valence-electron chi connectivity index (χ2n) is 5.83. The molecule has 0 spiro atoms. The standard InChI is InChI=1S/C16H18O3S2/c1-21(18,19)13-7-4-6-12(9-13)16(17)15-10-11-5-2-3-8-14(11)20-15/h2-3,5,8,10,12-13H,4,6-7,9H2,1H3. The quantitative estimate of drug-likeness (QED) is 0.810. The predicted octanol–water partition coefficient (Wildman–Crippen LogP) is 3.69. The summed E-state index contributed by atoms with van der Waals surface area (Å²) in [6.45, 7) is 0. The van der Waals surface area contributed by atoms with Crippen LogP contribution in [0.3, 0.4) is 0 Å². The molecule has 112 valence electrons. The predicted molar refractivity (Wildman–Crippen MR) is 86.7 cm³/mol. The number of rotatable bonds is 3. The van der Waals surface area contributed by atoms with Crippen LogP contribution in [-0.2, 0) is 9.84 Å². The van der Waals surface area contributed by atoms with Crippen molar-refractivity contribution in [3.8, 4) is 0 Å². The van der Waals surface area contributed by atoms with Gasteiger partial charge in [0.2, 0.25) is 0 Å². The first-order valence-corrected chi connectivity index (χ1v) is 9.94. The van der Waals surface area contributed by atoms with Crippen LogP contribution >= 0.6 is 11.3 Å². The first-order chi connectivity index (χ1) is 9.95. The first-order valence-electron chi connectivity index (χ1n) is 7.17. The summed E-state index contributed by atoms with van der Waals surface area (Å²) in [4.78, 5) is 13.4. The molecule has 3 rings (SSSR count). The molecular weight excluding hydrogens is 304 g/mol. The van der Waals surface area contributed by atoms with E-state index in [1.807, 2.05) is 30.3 Å². The summed E-state index contributed by atoms with van der Waals surface area (Å²) in [5, 5.41) is 0.732. The maximum absolute atomic E-state index is 12.7. The highest BCUT2D eigenvalue weighted by Gasteiger charge is 2.33. The highest BCUT2D eigenvalue weighted by Crippen LogP contribution is 2.34. The monoisotopic (exact) mass is 322 g/mol. The average Bonchev–Trinajstić information content (AvgIpc) is 2.89. The average molecular weight is 322 g/mol. The lowest BCUT2D eigenvalue weighted by Gasteiger charge is -2.26. The van der Waals surface area contributed by atoms with Crippen molar-refractivity contribution >= 4 is 37.0 Å². The third-order valence-electron chi connectivity index (χ3n) is 4.27. The Kier molecular flexibility index (Phi) is 3.88. The molecule has 1 fully saturated rings. The van der Waals surface area contributed by atoms with Crippen molar-refractivity contribution in [2.24, 2.45) is 5.92 Å². The van der Waals surface area contributed by atoms with E-state index in [9.17, 15) is 13.2 Å². The van der Waals surface area contributed by atoms with Gasteiger partial charge in [-0.2, -0.15) is 0 Å². The van der Waals surface area contributed by atoms with E-state index in [4.69, 9.17) is 0 Å². The molecule has 1 aliphatic rings. The minimum atomic E-state index is -3.05. The molecule has 0 saturated heterocycles. The van der Waals surface area contributed by atoms with Crippen LogP contribution in [0.25, 0.3) is 10.1 Å².